The summed E-state index contributed by atoms with van der Waals surface area (Å²) in [7, 11) is 0. The average molecular weight is 392 g/mol. The number of carbonyl (C=O) groups is 2. The fourth-order valence-electron chi connectivity index (χ4n) is 2.61. The van der Waals surface area contributed by atoms with Gasteiger partial charge in [-0.1, -0.05) is 0 Å². The van der Waals surface area contributed by atoms with E-state index < -0.39 is 18.6 Å². The molecule has 146 valence electrons. The van der Waals surface area contributed by atoms with Gasteiger partial charge in [0.15, 0.2) is 11.5 Å². The highest BCUT2D eigenvalue weighted by atomic mass is 19.4. The molecule has 0 spiro atoms. The number of halogens is 3. The number of aromatic nitrogens is 4. The van der Waals surface area contributed by atoms with Crippen LogP contribution in [0.1, 0.15) is 23.3 Å². The number of alkyl halides is 3. The summed E-state index contributed by atoms with van der Waals surface area (Å²) in [6.45, 7) is -1.42. The van der Waals surface area contributed by atoms with Gasteiger partial charge in [0.05, 0.1) is 11.9 Å². The molecule has 1 aliphatic rings. The van der Waals surface area contributed by atoms with Crippen LogP contribution in [-0.2, 0) is 4.79 Å². The first kappa shape index (κ1) is 18.0. The molecule has 1 saturated carbocycles. The Hall–Kier alpha value is -3.37. The van der Waals surface area contributed by atoms with Crippen LogP contribution in [0.15, 0.2) is 36.8 Å². The molecule has 0 saturated heterocycles. The minimum absolute atomic E-state index is 0.0507. The molecule has 3 aromatic heterocycles. The molecule has 8 nitrogen and oxygen atoms in total. The van der Waals surface area contributed by atoms with Gasteiger partial charge in [-0.2, -0.15) is 18.3 Å². The number of hydrogen-bond donors (Lipinski definition) is 2. The summed E-state index contributed by atoms with van der Waals surface area (Å²) in [6, 6.07) is 4.72. The maximum atomic E-state index is 12.2. The number of anilines is 1. The molecule has 3 aromatic rings. The quantitative estimate of drug-likeness (QED) is 0.696. The van der Waals surface area contributed by atoms with Gasteiger partial charge in [-0.3, -0.25) is 9.59 Å². The van der Waals surface area contributed by atoms with E-state index in [0.29, 0.717) is 17.2 Å². The fraction of sp³-hybridized carbons (Fsp3) is 0.294. The Morgan fingerprint density at radius 2 is 1.96 bits per heavy atom. The summed E-state index contributed by atoms with van der Waals surface area (Å²) < 4.78 is 39.7. The maximum Gasteiger partial charge on any atom is 0.405 e. The molecular formula is C17H15F3N6O2. The Kier molecular flexibility index (Phi) is 4.28. The lowest BCUT2D eigenvalue weighted by molar-refractivity contribution is -0.123. The maximum absolute atomic E-state index is 12.2. The van der Waals surface area contributed by atoms with Gasteiger partial charge in [0.2, 0.25) is 5.91 Å². The van der Waals surface area contributed by atoms with Crippen LogP contribution in [-0.4, -0.2) is 43.7 Å². The van der Waals surface area contributed by atoms with Gasteiger partial charge < -0.3 is 15.0 Å². The van der Waals surface area contributed by atoms with Crippen molar-refractivity contribution in [1.82, 2.24) is 24.5 Å². The van der Waals surface area contributed by atoms with Crippen molar-refractivity contribution in [1.29, 1.82) is 0 Å². The highest BCUT2D eigenvalue weighted by Gasteiger charge is 2.30. The second kappa shape index (κ2) is 6.66. The molecule has 1 fully saturated rings. The van der Waals surface area contributed by atoms with Crippen LogP contribution in [0.25, 0.3) is 11.3 Å². The lowest BCUT2D eigenvalue weighted by Gasteiger charge is -2.06. The minimum Gasteiger partial charge on any atom is -0.342 e. The second-order valence-corrected chi connectivity index (χ2v) is 6.49. The monoisotopic (exact) mass is 392 g/mol. The zero-order chi connectivity index (χ0) is 19.9. The largest absolute Gasteiger partial charge is 0.405 e. The summed E-state index contributed by atoms with van der Waals surface area (Å²) in [5.74, 6) is -0.469. The number of fused-ring (bicyclic) bond motifs is 1. The normalized spacial score (nSPS) is 14.2. The van der Waals surface area contributed by atoms with E-state index in [9.17, 15) is 22.8 Å². The van der Waals surface area contributed by atoms with Crippen LogP contribution in [0.5, 0.6) is 0 Å². The zero-order valence-electron chi connectivity index (χ0n) is 14.4. The predicted molar refractivity (Wildman–Crippen MR) is 92.1 cm³/mol. The number of imidazole rings is 1. The van der Waals surface area contributed by atoms with E-state index in [2.05, 4.69) is 15.4 Å². The molecule has 1 aliphatic carbocycles. The molecule has 0 bridgehead atoms. The Morgan fingerprint density at radius 1 is 1.18 bits per heavy atom. The predicted octanol–water partition coefficient (Wildman–Crippen LogP) is 2.16. The minimum atomic E-state index is -4.49. The van der Waals surface area contributed by atoms with Gasteiger partial charge in [0.1, 0.15) is 12.2 Å². The molecule has 3 heterocycles. The first-order chi connectivity index (χ1) is 13.3. The number of pyridine rings is 1. The topological polar surface area (TPSA) is 93.3 Å². The van der Waals surface area contributed by atoms with Gasteiger partial charge >= 0.3 is 6.18 Å². The fourth-order valence-corrected chi connectivity index (χ4v) is 2.61. The third-order valence-electron chi connectivity index (χ3n) is 4.17. The summed E-state index contributed by atoms with van der Waals surface area (Å²) in [5.41, 5.74) is 1.04. The van der Waals surface area contributed by atoms with Crippen molar-refractivity contribution in [3.63, 3.8) is 0 Å². The van der Waals surface area contributed by atoms with Crippen LogP contribution >= 0.6 is 0 Å². The van der Waals surface area contributed by atoms with Crippen molar-refractivity contribution < 1.29 is 22.8 Å². The standard InChI is InChI=1S/C17H15F3N6O2/c18-17(19,20)9-21-16(28)12-5-6-26(24-12)11-3-4-14-22-13(8-25(14)7-11)23-15(27)10-1-2-10/h3-8,10H,1-2,9H2,(H,21,28)(H,23,27). The number of rotatable bonds is 5. The van der Waals surface area contributed by atoms with E-state index in [1.165, 1.54) is 16.9 Å². The molecular weight excluding hydrogens is 377 g/mol. The molecule has 2 N–H and O–H groups in total. The molecule has 0 unspecified atom stereocenters. The summed E-state index contributed by atoms with van der Waals surface area (Å²) >= 11 is 0. The molecule has 0 atom stereocenters. The Balaban J connectivity index is 1.50. The number of carbonyl (C=O) groups excluding carboxylic acids is 2. The Morgan fingerprint density at radius 3 is 2.68 bits per heavy atom. The molecule has 0 radical (unpaired) electrons. The van der Waals surface area contributed by atoms with Crippen molar-refractivity contribution in [3.05, 3.63) is 42.5 Å². The van der Waals surface area contributed by atoms with Crippen LogP contribution in [0, 0.1) is 5.92 Å². The van der Waals surface area contributed by atoms with Crippen LogP contribution < -0.4 is 10.6 Å². The van der Waals surface area contributed by atoms with Crippen molar-refractivity contribution >= 4 is 23.3 Å². The number of amides is 2. The lowest BCUT2D eigenvalue weighted by Crippen LogP contribution is -2.33. The highest BCUT2D eigenvalue weighted by Crippen LogP contribution is 2.30. The van der Waals surface area contributed by atoms with Gasteiger partial charge in [-0.25, -0.2) is 9.67 Å². The second-order valence-electron chi connectivity index (χ2n) is 6.49. The van der Waals surface area contributed by atoms with Crippen LogP contribution in [0.2, 0.25) is 0 Å². The van der Waals surface area contributed by atoms with Crippen molar-refractivity contribution in [2.75, 3.05) is 11.9 Å². The summed E-state index contributed by atoms with van der Waals surface area (Å²) in [4.78, 5) is 27.9. The zero-order valence-corrected chi connectivity index (χ0v) is 14.4. The highest BCUT2D eigenvalue weighted by molar-refractivity contribution is 5.93. The molecule has 0 aromatic carbocycles. The van der Waals surface area contributed by atoms with Gasteiger partial charge in [-0.05, 0) is 31.0 Å². The van der Waals surface area contributed by atoms with Crippen molar-refractivity contribution in [2.24, 2.45) is 5.92 Å². The van der Waals surface area contributed by atoms with E-state index in [1.807, 2.05) is 0 Å². The van der Waals surface area contributed by atoms with E-state index in [1.54, 1.807) is 34.2 Å². The summed E-state index contributed by atoms with van der Waals surface area (Å²) in [5, 5.41) is 8.54. The van der Waals surface area contributed by atoms with Crippen LogP contribution in [0.4, 0.5) is 19.0 Å². The first-order valence-corrected chi connectivity index (χ1v) is 8.49. The number of hydrogen-bond acceptors (Lipinski definition) is 4. The molecule has 4 rings (SSSR count). The summed E-state index contributed by atoms with van der Waals surface area (Å²) in [6.07, 6.45) is 2.09. The van der Waals surface area contributed by atoms with E-state index in [-0.39, 0.29) is 17.5 Å². The molecule has 0 aliphatic heterocycles. The van der Waals surface area contributed by atoms with E-state index >= 15 is 0 Å². The average Bonchev–Trinajstić information content (AvgIpc) is 3.23. The molecule has 2 amide bonds. The van der Waals surface area contributed by atoms with Crippen LogP contribution in [0.3, 0.4) is 0 Å². The third-order valence-corrected chi connectivity index (χ3v) is 4.17. The Bertz CT molecular complexity index is 1050. The van der Waals surface area contributed by atoms with E-state index in [0.717, 1.165) is 12.8 Å². The first-order valence-electron chi connectivity index (χ1n) is 8.49. The number of nitrogens with one attached hydrogen (secondary N) is 2. The van der Waals surface area contributed by atoms with Gasteiger partial charge in [0.25, 0.3) is 5.91 Å². The Labute approximate surface area is 156 Å². The van der Waals surface area contributed by atoms with Crippen molar-refractivity contribution in [3.8, 4) is 5.69 Å². The van der Waals surface area contributed by atoms with E-state index in [4.69, 9.17) is 0 Å². The van der Waals surface area contributed by atoms with Gasteiger partial charge in [0, 0.05) is 18.3 Å². The number of nitrogens with zero attached hydrogens (tertiary/aromatic N) is 4. The molecule has 11 heteroatoms. The SMILES string of the molecule is O=C(NCC(F)(F)F)c1ccn(-c2ccc3nc(NC(=O)C4CC4)cn3c2)n1. The third kappa shape index (κ3) is 3.97. The van der Waals surface area contributed by atoms with Gasteiger partial charge in [-0.15, -0.1) is 0 Å². The van der Waals surface area contributed by atoms with Crippen molar-refractivity contribution in [2.45, 2.75) is 19.0 Å². The lowest BCUT2D eigenvalue weighted by atomic mass is 10.4. The molecule has 28 heavy (non-hydrogen) atoms. The smallest absolute Gasteiger partial charge is 0.342 e.